The van der Waals surface area contributed by atoms with Crippen LogP contribution in [0.1, 0.15) is 21.5 Å². The van der Waals surface area contributed by atoms with Gasteiger partial charge in [0.05, 0.1) is 5.39 Å². The molecule has 0 aliphatic heterocycles. The van der Waals surface area contributed by atoms with Gasteiger partial charge in [-0.3, -0.25) is 4.79 Å². The van der Waals surface area contributed by atoms with Crippen LogP contribution in [0.5, 0.6) is 0 Å². The molecule has 110 valence electrons. The molecule has 0 unspecified atom stereocenters. The first-order chi connectivity index (χ1) is 10.5. The molecule has 0 atom stereocenters. The Bertz CT molecular complexity index is 951. The van der Waals surface area contributed by atoms with E-state index in [1.54, 1.807) is 19.1 Å². The average Bonchev–Trinajstić information content (AvgIpc) is 2.51. The van der Waals surface area contributed by atoms with Gasteiger partial charge in [-0.2, -0.15) is 0 Å². The second-order valence-electron chi connectivity index (χ2n) is 5.19. The van der Waals surface area contributed by atoms with Gasteiger partial charge < -0.3 is 9.52 Å². The highest BCUT2D eigenvalue weighted by atomic mass is 16.4. The van der Waals surface area contributed by atoms with Crippen LogP contribution in [-0.4, -0.2) is 11.1 Å². The van der Waals surface area contributed by atoms with Gasteiger partial charge in [-0.1, -0.05) is 30.3 Å². The van der Waals surface area contributed by atoms with Gasteiger partial charge >= 0.3 is 5.97 Å². The van der Waals surface area contributed by atoms with Crippen molar-refractivity contribution in [2.75, 3.05) is 0 Å². The summed E-state index contributed by atoms with van der Waals surface area (Å²) in [5, 5.41) is 9.58. The molecule has 0 radical (unpaired) electrons. The van der Waals surface area contributed by atoms with E-state index in [1.807, 2.05) is 31.2 Å². The van der Waals surface area contributed by atoms with Crippen molar-refractivity contribution in [3.05, 3.63) is 69.4 Å². The molecule has 22 heavy (non-hydrogen) atoms. The van der Waals surface area contributed by atoms with Crippen molar-refractivity contribution in [3.8, 4) is 11.3 Å². The Morgan fingerprint density at radius 2 is 1.77 bits per heavy atom. The third kappa shape index (κ3) is 2.09. The highest BCUT2D eigenvalue weighted by molar-refractivity contribution is 6.01. The third-order valence-electron chi connectivity index (χ3n) is 3.77. The zero-order chi connectivity index (χ0) is 15.9. The van der Waals surface area contributed by atoms with Crippen molar-refractivity contribution in [3.63, 3.8) is 0 Å². The quantitative estimate of drug-likeness (QED) is 0.781. The summed E-state index contributed by atoms with van der Waals surface area (Å²) >= 11 is 0. The molecule has 0 amide bonds. The highest BCUT2D eigenvalue weighted by Gasteiger charge is 2.18. The molecular weight excluding hydrogens is 280 g/mol. The lowest BCUT2D eigenvalue weighted by molar-refractivity contribution is 0.0698. The Hall–Kier alpha value is -2.88. The first-order valence-corrected chi connectivity index (χ1v) is 6.86. The van der Waals surface area contributed by atoms with Gasteiger partial charge in [0, 0.05) is 11.1 Å². The smallest absolute Gasteiger partial charge is 0.339 e. The van der Waals surface area contributed by atoms with Gasteiger partial charge in [0.2, 0.25) is 0 Å². The number of benzene rings is 2. The highest BCUT2D eigenvalue weighted by Crippen LogP contribution is 2.29. The number of carbonyl (C=O) groups is 1. The Balaban J connectivity index is 2.45. The van der Waals surface area contributed by atoms with Crippen LogP contribution in [0.15, 0.2) is 51.7 Å². The van der Waals surface area contributed by atoms with Crippen molar-refractivity contribution in [1.82, 2.24) is 0 Å². The molecule has 0 spiro atoms. The van der Waals surface area contributed by atoms with Gasteiger partial charge in [0.1, 0.15) is 11.3 Å². The third-order valence-corrected chi connectivity index (χ3v) is 3.77. The minimum atomic E-state index is -1.12. The van der Waals surface area contributed by atoms with Crippen LogP contribution in [0, 0.1) is 13.8 Å². The van der Waals surface area contributed by atoms with Crippen LogP contribution in [0.4, 0.5) is 0 Å². The maximum absolute atomic E-state index is 12.6. The van der Waals surface area contributed by atoms with Crippen LogP contribution in [0.2, 0.25) is 0 Å². The van der Waals surface area contributed by atoms with Gasteiger partial charge in [-0.25, -0.2) is 4.79 Å². The number of para-hydroxylation sites is 1. The summed E-state index contributed by atoms with van der Waals surface area (Å²) in [5.41, 5.74) is 2.13. The fourth-order valence-electron chi connectivity index (χ4n) is 2.56. The zero-order valence-corrected chi connectivity index (χ0v) is 12.2. The van der Waals surface area contributed by atoms with Crippen LogP contribution in [0.3, 0.4) is 0 Å². The average molecular weight is 294 g/mol. The molecule has 1 heterocycles. The molecule has 0 saturated carbocycles. The van der Waals surface area contributed by atoms with E-state index >= 15 is 0 Å². The van der Waals surface area contributed by atoms with Crippen molar-refractivity contribution in [2.24, 2.45) is 0 Å². The number of carboxylic acid groups (broad SMARTS) is 1. The maximum Gasteiger partial charge on any atom is 0.339 e. The van der Waals surface area contributed by atoms with Crippen molar-refractivity contribution in [2.45, 2.75) is 13.8 Å². The minimum Gasteiger partial charge on any atom is -0.478 e. The van der Waals surface area contributed by atoms with Crippen molar-refractivity contribution < 1.29 is 14.3 Å². The first kappa shape index (κ1) is 14.1. The molecule has 0 saturated heterocycles. The van der Waals surface area contributed by atoms with Gasteiger partial charge in [0.25, 0.3) is 0 Å². The van der Waals surface area contributed by atoms with E-state index in [0.29, 0.717) is 11.3 Å². The summed E-state index contributed by atoms with van der Waals surface area (Å²) in [7, 11) is 0. The molecule has 4 heteroatoms. The predicted octanol–water partition coefficient (Wildman–Crippen LogP) is 3.78. The van der Waals surface area contributed by atoms with Gasteiger partial charge in [-0.15, -0.1) is 0 Å². The predicted molar refractivity (Wildman–Crippen MR) is 84.4 cm³/mol. The van der Waals surface area contributed by atoms with Gasteiger partial charge in [0.15, 0.2) is 11.0 Å². The molecular formula is C18H14O4. The zero-order valence-electron chi connectivity index (χ0n) is 12.2. The van der Waals surface area contributed by atoms with E-state index in [4.69, 9.17) is 4.42 Å². The molecule has 1 N–H and O–H groups in total. The van der Waals surface area contributed by atoms with E-state index < -0.39 is 5.97 Å². The van der Waals surface area contributed by atoms with Crippen LogP contribution in [-0.2, 0) is 0 Å². The summed E-state index contributed by atoms with van der Waals surface area (Å²) in [6.45, 7) is 3.61. The lowest BCUT2D eigenvalue weighted by atomic mass is 10.0. The number of carboxylic acids is 1. The largest absolute Gasteiger partial charge is 0.478 e. The van der Waals surface area contributed by atoms with E-state index in [1.165, 1.54) is 6.07 Å². The number of aromatic carboxylic acids is 1. The molecule has 0 aliphatic rings. The van der Waals surface area contributed by atoms with E-state index in [2.05, 4.69) is 0 Å². The number of fused-ring (bicyclic) bond motifs is 1. The van der Waals surface area contributed by atoms with Crippen LogP contribution in [0.25, 0.3) is 22.3 Å². The molecule has 0 bridgehead atoms. The number of hydrogen-bond acceptors (Lipinski definition) is 3. The lowest BCUT2D eigenvalue weighted by Gasteiger charge is -2.10. The Kier molecular flexibility index (Phi) is 3.29. The molecule has 0 fully saturated rings. The summed E-state index contributed by atoms with van der Waals surface area (Å²) in [5.74, 6) is -0.697. The monoisotopic (exact) mass is 294 g/mol. The second kappa shape index (κ2) is 5.15. The standard InChI is InChI=1S/C18H14O4/c1-10-6-3-4-7-12(10)16-11(2)15(19)13-8-5-9-14(18(20)21)17(13)22-16/h3-9H,1-2H3,(H,20,21). The fourth-order valence-corrected chi connectivity index (χ4v) is 2.56. The van der Waals surface area contributed by atoms with E-state index in [-0.39, 0.29) is 22.0 Å². The normalized spacial score (nSPS) is 10.8. The summed E-state index contributed by atoms with van der Waals surface area (Å²) in [6.07, 6.45) is 0. The van der Waals surface area contributed by atoms with Crippen molar-refractivity contribution in [1.29, 1.82) is 0 Å². The SMILES string of the molecule is Cc1ccccc1-c1oc2c(C(=O)O)cccc2c(=O)c1C. The molecule has 1 aromatic heterocycles. The first-order valence-electron chi connectivity index (χ1n) is 6.86. The van der Waals surface area contributed by atoms with E-state index in [9.17, 15) is 14.7 Å². The molecule has 3 rings (SSSR count). The molecule has 0 aliphatic carbocycles. The number of aryl methyl sites for hydroxylation is 1. The fraction of sp³-hybridized carbons (Fsp3) is 0.111. The molecule has 3 aromatic rings. The minimum absolute atomic E-state index is 0.00978. The Labute approximate surface area is 126 Å². The lowest BCUT2D eigenvalue weighted by Crippen LogP contribution is -2.10. The van der Waals surface area contributed by atoms with Crippen molar-refractivity contribution >= 4 is 16.9 Å². The second-order valence-corrected chi connectivity index (χ2v) is 5.19. The molecule has 2 aromatic carbocycles. The van der Waals surface area contributed by atoms with Gasteiger partial charge in [-0.05, 0) is 31.5 Å². The summed E-state index contributed by atoms with van der Waals surface area (Å²) < 4.78 is 5.85. The number of rotatable bonds is 2. The van der Waals surface area contributed by atoms with Crippen LogP contribution >= 0.6 is 0 Å². The Morgan fingerprint density at radius 1 is 1.05 bits per heavy atom. The topological polar surface area (TPSA) is 67.5 Å². The van der Waals surface area contributed by atoms with Crippen LogP contribution < -0.4 is 5.43 Å². The van der Waals surface area contributed by atoms with E-state index in [0.717, 1.165) is 11.1 Å². The number of hydrogen-bond donors (Lipinski definition) is 1. The summed E-state index contributed by atoms with van der Waals surface area (Å²) in [4.78, 5) is 23.9. The Morgan fingerprint density at radius 3 is 2.45 bits per heavy atom. The molecule has 4 nitrogen and oxygen atoms in total. The summed E-state index contributed by atoms with van der Waals surface area (Å²) in [6, 6.07) is 12.1. The maximum atomic E-state index is 12.6.